The first-order valence-electron chi connectivity index (χ1n) is 8.04. The molecular weight excluding hydrogens is 330 g/mol. The lowest BCUT2D eigenvalue weighted by Crippen LogP contribution is -2.38. The zero-order chi connectivity index (χ0) is 19.5. The Hall–Kier alpha value is -2.71. The second-order valence-corrected chi connectivity index (χ2v) is 6.28. The molecule has 1 rings (SSSR count). The molecule has 0 radical (unpaired) electrons. The number of carboxylic acids is 1. The Labute approximate surface area is 145 Å². The lowest BCUT2D eigenvalue weighted by molar-refractivity contribution is -0.393. The quantitative estimate of drug-likeness (QED) is 0.556. The van der Waals surface area contributed by atoms with Gasteiger partial charge in [0.05, 0.1) is 15.4 Å². The van der Waals surface area contributed by atoms with Crippen molar-refractivity contribution in [2.75, 3.05) is 4.90 Å². The number of benzene rings is 1. The fourth-order valence-electron chi connectivity index (χ4n) is 3.08. The van der Waals surface area contributed by atoms with Gasteiger partial charge in [-0.15, -0.1) is 0 Å². The molecule has 0 atom stereocenters. The monoisotopic (exact) mass is 353 g/mol. The van der Waals surface area contributed by atoms with Crippen molar-refractivity contribution < 1.29 is 19.7 Å². The van der Waals surface area contributed by atoms with Crippen LogP contribution in [0.1, 0.15) is 57.0 Å². The molecule has 25 heavy (non-hydrogen) atoms. The van der Waals surface area contributed by atoms with Crippen molar-refractivity contribution >= 4 is 23.0 Å². The Kier molecular flexibility index (Phi) is 6.43. The van der Waals surface area contributed by atoms with Crippen LogP contribution in [-0.2, 0) is 6.42 Å². The highest BCUT2D eigenvalue weighted by molar-refractivity contribution is 5.95. The first-order chi connectivity index (χ1) is 11.5. The third-order valence-corrected chi connectivity index (χ3v) is 3.84. The maximum Gasteiger partial charge on any atom is 0.336 e. The maximum absolute atomic E-state index is 11.8. The number of anilines is 1. The van der Waals surface area contributed by atoms with Crippen LogP contribution < -0.4 is 4.90 Å². The van der Waals surface area contributed by atoms with Gasteiger partial charge in [-0.05, 0) is 34.1 Å². The number of hydrogen-bond acceptors (Lipinski definition) is 6. The molecule has 1 N–H and O–H groups in total. The minimum atomic E-state index is -1.41. The second kappa shape index (κ2) is 7.91. The molecule has 0 saturated heterocycles. The smallest absolute Gasteiger partial charge is 0.336 e. The summed E-state index contributed by atoms with van der Waals surface area (Å²) in [6.07, 6.45) is 0.620. The molecule has 0 aliphatic rings. The summed E-state index contributed by atoms with van der Waals surface area (Å²) < 4.78 is 0. The van der Waals surface area contributed by atoms with Crippen LogP contribution in [0.2, 0.25) is 0 Å². The van der Waals surface area contributed by atoms with Gasteiger partial charge in [-0.3, -0.25) is 20.2 Å². The zero-order valence-corrected chi connectivity index (χ0v) is 15.0. The predicted octanol–water partition coefficient (Wildman–Crippen LogP) is 3.78. The molecule has 0 bridgehead atoms. The Morgan fingerprint density at radius 3 is 2.00 bits per heavy atom. The number of hydrogen-bond donors (Lipinski definition) is 1. The summed E-state index contributed by atoms with van der Waals surface area (Å²) >= 11 is 0. The summed E-state index contributed by atoms with van der Waals surface area (Å²) in [5.41, 5.74) is -1.56. The average molecular weight is 353 g/mol. The Bertz CT molecular complexity index is 692. The van der Waals surface area contributed by atoms with E-state index in [1.807, 2.05) is 0 Å². The molecule has 0 amide bonds. The van der Waals surface area contributed by atoms with Crippen LogP contribution in [0, 0.1) is 20.2 Å². The van der Waals surface area contributed by atoms with Gasteiger partial charge < -0.3 is 10.0 Å². The molecule has 1 aromatic rings. The third-order valence-electron chi connectivity index (χ3n) is 3.84. The fraction of sp³-hybridized carbons (Fsp3) is 0.562. The molecule has 0 spiro atoms. The SMILES string of the molecule is CCCc1c(C(=O)O)cc([N+](=O)[O-])c(N(C(C)C)C(C)C)c1[N+](=O)[O-]. The van der Waals surface area contributed by atoms with E-state index in [1.165, 1.54) is 0 Å². The van der Waals surface area contributed by atoms with Crippen molar-refractivity contribution in [3.05, 3.63) is 37.4 Å². The molecule has 0 heterocycles. The molecule has 9 heteroatoms. The van der Waals surface area contributed by atoms with E-state index >= 15 is 0 Å². The van der Waals surface area contributed by atoms with Gasteiger partial charge in [-0.25, -0.2) is 4.79 Å². The minimum Gasteiger partial charge on any atom is -0.478 e. The standard InChI is InChI=1S/C16H23N3O6/c1-6-7-11-12(16(20)21)8-13(18(22)23)15(14(11)19(24)25)17(9(2)3)10(4)5/h8-10H,6-7H2,1-5H3,(H,20,21). The summed E-state index contributed by atoms with van der Waals surface area (Å²) in [6.45, 7) is 8.87. The van der Waals surface area contributed by atoms with E-state index in [4.69, 9.17) is 0 Å². The third kappa shape index (κ3) is 4.04. The summed E-state index contributed by atoms with van der Waals surface area (Å²) in [5.74, 6) is -1.41. The van der Waals surface area contributed by atoms with E-state index in [0.717, 1.165) is 6.07 Å². The zero-order valence-electron chi connectivity index (χ0n) is 15.0. The van der Waals surface area contributed by atoms with Gasteiger partial charge in [0.25, 0.3) is 0 Å². The van der Waals surface area contributed by atoms with Gasteiger partial charge in [-0.1, -0.05) is 13.3 Å². The van der Waals surface area contributed by atoms with Gasteiger partial charge >= 0.3 is 17.3 Å². The van der Waals surface area contributed by atoms with Gasteiger partial charge in [-0.2, -0.15) is 0 Å². The van der Waals surface area contributed by atoms with E-state index in [-0.39, 0.29) is 29.8 Å². The molecule has 0 unspecified atom stereocenters. The minimum absolute atomic E-state index is 0.0203. The van der Waals surface area contributed by atoms with Crippen molar-refractivity contribution in [2.45, 2.75) is 59.5 Å². The number of aromatic carboxylic acids is 1. The van der Waals surface area contributed by atoms with Crippen molar-refractivity contribution in [1.29, 1.82) is 0 Å². The van der Waals surface area contributed by atoms with Crippen molar-refractivity contribution in [2.24, 2.45) is 0 Å². The van der Waals surface area contributed by atoms with E-state index in [2.05, 4.69) is 0 Å². The van der Waals surface area contributed by atoms with Crippen LogP contribution in [0.5, 0.6) is 0 Å². The lowest BCUT2D eigenvalue weighted by atomic mass is 9.96. The Morgan fingerprint density at radius 2 is 1.68 bits per heavy atom. The first kappa shape index (κ1) is 20.3. The highest BCUT2D eigenvalue weighted by atomic mass is 16.6. The highest BCUT2D eigenvalue weighted by Gasteiger charge is 2.38. The Balaban J connectivity index is 4.07. The first-order valence-corrected chi connectivity index (χ1v) is 8.04. The van der Waals surface area contributed by atoms with E-state index in [9.17, 15) is 30.1 Å². The van der Waals surface area contributed by atoms with Gasteiger partial charge in [0.15, 0.2) is 5.69 Å². The molecular formula is C16H23N3O6. The van der Waals surface area contributed by atoms with Crippen molar-refractivity contribution in [1.82, 2.24) is 0 Å². The lowest BCUT2D eigenvalue weighted by Gasteiger charge is -2.32. The van der Waals surface area contributed by atoms with Crippen LogP contribution in [-0.4, -0.2) is 33.0 Å². The molecule has 9 nitrogen and oxygen atoms in total. The van der Waals surface area contributed by atoms with Crippen LogP contribution >= 0.6 is 0 Å². The average Bonchev–Trinajstić information content (AvgIpc) is 2.45. The van der Waals surface area contributed by atoms with Crippen molar-refractivity contribution in [3.8, 4) is 0 Å². The molecule has 0 fully saturated rings. The second-order valence-electron chi connectivity index (χ2n) is 6.28. The van der Waals surface area contributed by atoms with Gasteiger partial charge in [0.1, 0.15) is 0 Å². The van der Waals surface area contributed by atoms with E-state index < -0.39 is 32.8 Å². The molecule has 0 aliphatic heterocycles. The Morgan fingerprint density at radius 1 is 1.16 bits per heavy atom. The van der Waals surface area contributed by atoms with Gasteiger partial charge in [0, 0.05) is 23.7 Å². The predicted molar refractivity (Wildman–Crippen MR) is 93.5 cm³/mol. The maximum atomic E-state index is 11.8. The number of nitro groups is 2. The van der Waals surface area contributed by atoms with E-state index in [1.54, 1.807) is 39.5 Å². The van der Waals surface area contributed by atoms with Crippen LogP contribution in [0.3, 0.4) is 0 Å². The fourth-order valence-corrected chi connectivity index (χ4v) is 3.08. The molecule has 0 saturated carbocycles. The number of carbonyl (C=O) groups is 1. The molecule has 0 aliphatic carbocycles. The number of nitro benzene ring substituents is 2. The number of rotatable bonds is 8. The van der Waals surface area contributed by atoms with Crippen molar-refractivity contribution in [3.63, 3.8) is 0 Å². The summed E-state index contributed by atoms with van der Waals surface area (Å²) in [6, 6.07) is 0.443. The van der Waals surface area contributed by atoms with E-state index in [0.29, 0.717) is 6.42 Å². The topological polar surface area (TPSA) is 127 Å². The largest absolute Gasteiger partial charge is 0.478 e. The highest BCUT2D eigenvalue weighted by Crippen LogP contribution is 2.44. The molecule has 1 aromatic carbocycles. The molecule has 0 aromatic heterocycles. The van der Waals surface area contributed by atoms with Gasteiger partial charge in [0.2, 0.25) is 0 Å². The number of carboxylic acid groups (broad SMARTS) is 1. The summed E-state index contributed by atoms with van der Waals surface area (Å²) in [4.78, 5) is 35.0. The normalized spacial score (nSPS) is 11.0. The van der Waals surface area contributed by atoms with Crippen LogP contribution in [0.4, 0.5) is 17.1 Å². The van der Waals surface area contributed by atoms with Crippen LogP contribution in [0.25, 0.3) is 0 Å². The summed E-state index contributed by atoms with van der Waals surface area (Å²) in [7, 11) is 0. The summed E-state index contributed by atoms with van der Waals surface area (Å²) in [5, 5.41) is 32.7. The molecule has 138 valence electrons. The number of nitrogens with zero attached hydrogens (tertiary/aromatic N) is 3. The van der Waals surface area contributed by atoms with Crippen LogP contribution in [0.15, 0.2) is 6.07 Å².